The Hall–Kier alpha value is -0.410. The first-order valence-corrected chi connectivity index (χ1v) is 3.52. The molecule has 0 spiro atoms. The standard InChI is InChI=1S/C6H8FNS/c1-4(8)5-2-3-6(7)9-5/h2-4H,8H2,1H3/t4-/m1/s1. The molecule has 0 saturated carbocycles. The van der Waals surface area contributed by atoms with Gasteiger partial charge in [0.25, 0.3) is 0 Å². The molecule has 0 radical (unpaired) electrons. The molecule has 0 bridgehead atoms. The van der Waals surface area contributed by atoms with Crippen LogP contribution in [0.1, 0.15) is 17.8 Å². The monoisotopic (exact) mass is 145 g/mol. The lowest BCUT2D eigenvalue weighted by atomic mass is 10.3. The molecular formula is C6H8FNS. The van der Waals surface area contributed by atoms with Crippen molar-refractivity contribution in [1.29, 1.82) is 0 Å². The fourth-order valence-electron chi connectivity index (χ4n) is 0.573. The van der Waals surface area contributed by atoms with E-state index in [2.05, 4.69) is 0 Å². The summed E-state index contributed by atoms with van der Waals surface area (Å²) in [6, 6.07) is 3.10. The average molecular weight is 145 g/mol. The van der Waals surface area contributed by atoms with Gasteiger partial charge in [0.15, 0.2) is 5.13 Å². The molecule has 1 aromatic rings. The Bertz CT molecular complexity index is 195. The highest BCUT2D eigenvalue weighted by Crippen LogP contribution is 2.19. The Balaban J connectivity index is 2.85. The van der Waals surface area contributed by atoms with E-state index < -0.39 is 0 Å². The van der Waals surface area contributed by atoms with E-state index in [0.29, 0.717) is 0 Å². The molecule has 0 unspecified atom stereocenters. The molecule has 2 N–H and O–H groups in total. The summed E-state index contributed by atoms with van der Waals surface area (Å²) < 4.78 is 12.3. The zero-order valence-corrected chi connectivity index (χ0v) is 5.91. The van der Waals surface area contributed by atoms with Gasteiger partial charge in [-0.15, -0.1) is 11.3 Å². The Morgan fingerprint density at radius 1 is 1.67 bits per heavy atom. The smallest absolute Gasteiger partial charge is 0.176 e. The van der Waals surface area contributed by atoms with Crippen molar-refractivity contribution in [2.75, 3.05) is 0 Å². The van der Waals surface area contributed by atoms with Crippen LogP contribution in [0, 0.1) is 5.13 Å². The van der Waals surface area contributed by atoms with Crippen LogP contribution in [-0.2, 0) is 0 Å². The summed E-state index contributed by atoms with van der Waals surface area (Å²) in [6.45, 7) is 1.84. The van der Waals surface area contributed by atoms with E-state index in [9.17, 15) is 4.39 Å². The largest absolute Gasteiger partial charge is 0.324 e. The summed E-state index contributed by atoms with van der Waals surface area (Å²) in [7, 11) is 0. The molecule has 9 heavy (non-hydrogen) atoms. The number of rotatable bonds is 1. The molecule has 0 aliphatic heterocycles. The zero-order valence-electron chi connectivity index (χ0n) is 5.10. The van der Waals surface area contributed by atoms with E-state index >= 15 is 0 Å². The number of hydrogen-bond acceptors (Lipinski definition) is 2. The highest BCUT2D eigenvalue weighted by Gasteiger charge is 2.01. The highest BCUT2D eigenvalue weighted by molar-refractivity contribution is 7.10. The van der Waals surface area contributed by atoms with Crippen LogP contribution in [0.3, 0.4) is 0 Å². The lowest BCUT2D eigenvalue weighted by Crippen LogP contribution is -2.01. The van der Waals surface area contributed by atoms with Gasteiger partial charge in [-0.05, 0) is 19.1 Å². The van der Waals surface area contributed by atoms with Crippen LogP contribution in [-0.4, -0.2) is 0 Å². The third-order valence-corrected chi connectivity index (χ3v) is 2.12. The molecule has 1 nitrogen and oxygen atoms in total. The maximum absolute atomic E-state index is 12.3. The van der Waals surface area contributed by atoms with Gasteiger partial charge in [0, 0.05) is 10.9 Å². The van der Waals surface area contributed by atoms with Gasteiger partial charge in [-0.2, -0.15) is 4.39 Å². The molecule has 1 heterocycles. The molecule has 0 fully saturated rings. The minimum Gasteiger partial charge on any atom is -0.324 e. The quantitative estimate of drug-likeness (QED) is 0.641. The molecule has 1 atom stereocenters. The van der Waals surface area contributed by atoms with Gasteiger partial charge in [0.2, 0.25) is 0 Å². The fraction of sp³-hybridized carbons (Fsp3) is 0.333. The summed E-state index contributed by atoms with van der Waals surface area (Å²) >= 11 is 1.10. The first-order chi connectivity index (χ1) is 4.20. The van der Waals surface area contributed by atoms with Gasteiger partial charge in [-0.1, -0.05) is 0 Å². The highest BCUT2D eigenvalue weighted by atomic mass is 32.1. The van der Waals surface area contributed by atoms with Crippen LogP contribution >= 0.6 is 11.3 Å². The summed E-state index contributed by atoms with van der Waals surface area (Å²) in [5.41, 5.74) is 5.47. The van der Waals surface area contributed by atoms with Gasteiger partial charge in [0.1, 0.15) is 0 Å². The second kappa shape index (κ2) is 2.45. The van der Waals surface area contributed by atoms with Gasteiger partial charge in [-0.3, -0.25) is 0 Å². The van der Waals surface area contributed by atoms with E-state index in [-0.39, 0.29) is 11.2 Å². The van der Waals surface area contributed by atoms with Crippen LogP contribution in [0.5, 0.6) is 0 Å². The normalized spacial score (nSPS) is 13.7. The Morgan fingerprint density at radius 2 is 2.33 bits per heavy atom. The van der Waals surface area contributed by atoms with E-state index in [1.807, 2.05) is 6.92 Å². The van der Waals surface area contributed by atoms with E-state index in [4.69, 9.17) is 5.73 Å². The number of halogens is 1. The third-order valence-electron chi connectivity index (χ3n) is 1.04. The van der Waals surface area contributed by atoms with Crippen LogP contribution in [0.15, 0.2) is 12.1 Å². The van der Waals surface area contributed by atoms with Crippen molar-refractivity contribution in [3.8, 4) is 0 Å². The lowest BCUT2D eigenvalue weighted by Gasteiger charge is -1.96. The average Bonchev–Trinajstić information content (AvgIpc) is 2.14. The van der Waals surface area contributed by atoms with E-state index in [1.54, 1.807) is 6.07 Å². The van der Waals surface area contributed by atoms with Gasteiger partial charge in [0.05, 0.1) is 0 Å². The molecule has 50 valence electrons. The number of thiophene rings is 1. The number of hydrogen-bond donors (Lipinski definition) is 1. The fourth-order valence-corrected chi connectivity index (χ4v) is 1.26. The first kappa shape index (κ1) is 6.71. The van der Waals surface area contributed by atoms with Crippen molar-refractivity contribution in [2.45, 2.75) is 13.0 Å². The molecule has 0 amide bonds. The molecule has 1 aromatic heterocycles. The van der Waals surface area contributed by atoms with Crippen LogP contribution in [0.4, 0.5) is 4.39 Å². The van der Waals surface area contributed by atoms with Gasteiger partial charge >= 0.3 is 0 Å². The van der Waals surface area contributed by atoms with Crippen molar-refractivity contribution in [1.82, 2.24) is 0 Å². The molecule has 0 aliphatic rings. The second-order valence-corrected chi connectivity index (χ2v) is 3.00. The van der Waals surface area contributed by atoms with Crippen molar-refractivity contribution >= 4 is 11.3 Å². The molecule has 0 saturated heterocycles. The van der Waals surface area contributed by atoms with Crippen LogP contribution < -0.4 is 5.73 Å². The van der Waals surface area contributed by atoms with Crippen LogP contribution in [0.25, 0.3) is 0 Å². The van der Waals surface area contributed by atoms with Crippen molar-refractivity contribution in [2.24, 2.45) is 5.73 Å². The maximum Gasteiger partial charge on any atom is 0.176 e. The van der Waals surface area contributed by atoms with Crippen molar-refractivity contribution in [3.63, 3.8) is 0 Å². The minimum atomic E-state index is -0.165. The third kappa shape index (κ3) is 1.50. The maximum atomic E-state index is 12.3. The summed E-state index contributed by atoms with van der Waals surface area (Å²) in [4.78, 5) is 0.896. The van der Waals surface area contributed by atoms with Crippen LogP contribution in [0.2, 0.25) is 0 Å². The van der Waals surface area contributed by atoms with E-state index in [0.717, 1.165) is 16.2 Å². The molecule has 0 aromatic carbocycles. The molecule has 3 heteroatoms. The Kier molecular flexibility index (Phi) is 1.83. The summed E-state index contributed by atoms with van der Waals surface area (Å²) in [5.74, 6) is 0. The lowest BCUT2D eigenvalue weighted by molar-refractivity contribution is 0.657. The first-order valence-electron chi connectivity index (χ1n) is 2.71. The van der Waals surface area contributed by atoms with Crippen molar-refractivity contribution < 1.29 is 4.39 Å². The molecule has 0 aliphatic carbocycles. The molecule has 1 rings (SSSR count). The second-order valence-electron chi connectivity index (χ2n) is 1.93. The number of nitrogens with two attached hydrogens (primary N) is 1. The molecular weight excluding hydrogens is 137 g/mol. The van der Waals surface area contributed by atoms with Gasteiger partial charge < -0.3 is 5.73 Å². The van der Waals surface area contributed by atoms with Gasteiger partial charge in [-0.25, -0.2) is 0 Å². The summed E-state index contributed by atoms with van der Waals surface area (Å²) in [5, 5.41) is -0.165. The predicted molar refractivity (Wildman–Crippen MR) is 36.9 cm³/mol. The van der Waals surface area contributed by atoms with Crippen molar-refractivity contribution in [3.05, 3.63) is 22.1 Å². The zero-order chi connectivity index (χ0) is 6.85. The van der Waals surface area contributed by atoms with E-state index in [1.165, 1.54) is 6.07 Å². The predicted octanol–water partition coefficient (Wildman–Crippen LogP) is 1.91. The Labute approximate surface area is 57.3 Å². The minimum absolute atomic E-state index is 0.0421. The Morgan fingerprint density at radius 3 is 2.56 bits per heavy atom. The topological polar surface area (TPSA) is 26.0 Å². The summed E-state index contributed by atoms with van der Waals surface area (Å²) in [6.07, 6.45) is 0. The SMILES string of the molecule is C[C@@H](N)c1ccc(F)s1.